The van der Waals surface area contributed by atoms with Crippen LogP contribution in [0.4, 0.5) is 0 Å². The Morgan fingerprint density at radius 3 is 0.641 bits per heavy atom. The fraction of sp³-hybridized carbons (Fsp3) is 0.947. The highest BCUT2D eigenvalue weighted by Crippen LogP contribution is 2.17. The van der Waals surface area contributed by atoms with E-state index in [9.17, 15) is 14.4 Å². The van der Waals surface area contributed by atoms with Crippen molar-refractivity contribution in [3.05, 3.63) is 0 Å². The van der Waals surface area contributed by atoms with Gasteiger partial charge >= 0.3 is 17.9 Å². The van der Waals surface area contributed by atoms with Gasteiger partial charge in [0.2, 0.25) is 0 Å². The molecule has 0 saturated carbocycles. The summed E-state index contributed by atoms with van der Waals surface area (Å²) >= 11 is 0. The van der Waals surface area contributed by atoms with E-state index in [1.807, 2.05) is 0 Å². The van der Waals surface area contributed by atoms with Gasteiger partial charge in [0.05, 0.1) is 0 Å². The summed E-state index contributed by atoms with van der Waals surface area (Å²) in [5.74, 6) is -0.832. The van der Waals surface area contributed by atoms with E-state index >= 15 is 0 Å². The summed E-state index contributed by atoms with van der Waals surface area (Å²) in [5.41, 5.74) is 0. The van der Waals surface area contributed by atoms with Gasteiger partial charge < -0.3 is 14.2 Å². The first kappa shape index (κ1) is 65.0. The van der Waals surface area contributed by atoms with Crippen LogP contribution in [0.15, 0.2) is 0 Å². The molecule has 0 atom stereocenters. The lowest BCUT2D eigenvalue weighted by molar-refractivity contribution is -0.167. The molecule has 6 nitrogen and oxygen atoms in total. The maximum absolute atomic E-state index is 12.8. The zero-order chi connectivity index (χ0) is 45.8. The third kappa shape index (κ3) is 53.5. The number of unbranched alkanes of at least 4 members (excludes halogenated alkanes) is 42. The highest BCUT2D eigenvalue weighted by atomic mass is 79.9. The molecule has 0 aliphatic heterocycles. The molecule has 64 heavy (non-hydrogen) atoms. The molecule has 0 aliphatic carbocycles. The number of ether oxygens (including phenoxy) is 3. The fourth-order valence-corrected chi connectivity index (χ4v) is 8.80. The summed E-state index contributed by atoms with van der Waals surface area (Å²) in [4.78, 5) is 38.1. The van der Waals surface area contributed by atoms with Gasteiger partial charge in [-0.3, -0.25) is 14.4 Å². The second kappa shape index (κ2) is 56.2. The Balaban J connectivity index is 0. The minimum Gasteiger partial charge on any atom is -0.462 e. The molecule has 382 valence electrons. The Kier molecular flexibility index (Phi) is 57.1. The maximum Gasteiger partial charge on any atom is 0.306 e. The van der Waals surface area contributed by atoms with Crippen molar-refractivity contribution >= 4 is 34.9 Å². The molecule has 0 aromatic heterocycles. The van der Waals surface area contributed by atoms with Crippen molar-refractivity contribution in [2.24, 2.45) is 0 Å². The SMILES string of the molecule is Br.CCCCCCCCCCCCCCCCCC(=O)OCC(COC(=O)CCCCCCCCCCCCCCCCC)OC(=O)CCCCCCCCCCCCCCCCC. The third-order valence-corrected chi connectivity index (χ3v) is 13.1. The van der Waals surface area contributed by atoms with Gasteiger partial charge in [0.15, 0.2) is 6.10 Å². The second-order valence-electron chi connectivity index (χ2n) is 19.6. The van der Waals surface area contributed by atoms with E-state index in [1.54, 1.807) is 0 Å². The predicted molar refractivity (Wildman–Crippen MR) is 281 cm³/mol. The quantitative estimate of drug-likeness (QED) is 0.0343. The first-order chi connectivity index (χ1) is 31.0. The van der Waals surface area contributed by atoms with E-state index < -0.39 is 6.10 Å². The van der Waals surface area contributed by atoms with Gasteiger partial charge in [0, 0.05) is 19.3 Å². The van der Waals surface area contributed by atoms with E-state index in [1.165, 1.54) is 231 Å². The van der Waals surface area contributed by atoms with Gasteiger partial charge in [-0.15, -0.1) is 17.0 Å². The molecular weight excluding hydrogens is 861 g/mol. The van der Waals surface area contributed by atoms with Gasteiger partial charge in [0.25, 0.3) is 0 Å². The molecule has 0 saturated heterocycles. The predicted octanol–water partition coefficient (Wildman–Crippen LogP) is 19.3. The molecule has 0 fully saturated rings. The first-order valence-corrected chi connectivity index (χ1v) is 28.5. The van der Waals surface area contributed by atoms with Crippen molar-refractivity contribution < 1.29 is 28.6 Å². The molecule has 0 aliphatic rings. The van der Waals surface area contributed by atoms with Crippen LogP contribution in [0.25, 0.3) is 0 Å². The van der Waals surface area contributed by atoms with Crippen LogP contribution in [0.5, 0.6) is 0 Å². The lowest BCUT2D eigenvalue weighted by Crippen LogP contribution is -2.30. The minimum absolute atomic E-state index is 0. The van der Waals surface area contributed by atoms with Crippen LogP contribution in [0.1, 0.15) is 329 Å². The van der Waals surface area contributed by atoms with Crippen LogP contribution < -0.4 is 0 Å². The van der Waals surface area contributed by atoms with Crippen LogP contribution in [0.3, 0.4) is 0 Å². The lowest BCUT2D eigenvalue weighted by atomic mass is 10.0. The van der Waals surface area contributed by atoms with Crippen molar-refractivity contribution in [2.75, 3.05) is 13.2 Å². The molecule has 7 heteroatoms. The monoisotopic (exact) mass is 971 g/mol. The zero-order valence-corrected chi connectivity index (χ0v) is 45.0. The van der Waals surface area contributed by atoms with Crippen LogP contribution in [-0.4, -0.2) is 37.2 Å². The number of carbonyl (C=O) groups excluding carboxylic acids is 3. The number of esters is 3. The zero-order valence-electron chi connectivity index (χ0n) is 43.3. The topological polar surface area (TPSA) is 78.9 Å². The Morgan fingerprint density at radius 1 is 0.266 bits per heavy atom. The Morgan fingerprint density at radius 2 is 0.438 bits per heavy atom. The molecule has 0 amide bonds. The Labute approximate surface area is 410 Å². The van der Waals surface area contributed by atoms with Crippen molar-refractivity contribution in [1.82, 2.24) is 0 Å². The summed E-state index contributed by atoms with van der Waals surface area (Å²) < 4.78 is 16.9. The number of hydrogen-bond acceptors (Lipinski definition) is 6. The van der Waals surface area contributed by atoms with Crippen LogP contribution >= 0.6 is 17.0 Å². The van der Waals surface area contributed by atoms with Crippen molar-refractivity contribution in [3.8, 4) is 0 Å². The maximum atomic E-state index is 12.8. The van der Waals surface area contributed by atoms with E-state index in [0.717, 1.165) is 57.8 Å². The number of carbonyl (C=O) groups is 3. The van der Waals surface area contributed by atoms with E-state index in [0.29, 0.717) is 19.3 Å². The van der Waals surface area contributed by atoms with E-state index in [2.05, 4.69) is 20.8 Å². The molecule has 0 unspecified atom stereocenters. The average Bonchev–Trinajstić information content (AvgIpc) is 3.28. The number of hydrogen-bond donors (Lipinski definition) is 0. The Bertz CT molecular complexity index is 893. The van der Waals surface area contributed by atoms with Crippen molar-refractivity contribution in [2.45, 2.75) is 335 Å². The molecular formula is C57H111BrO6. The normalized spacial score (nSPS) is 11.2. The lowest BCUT2D eigenvalue weighted by Gasteiger charge is -2.18. The summed E-state index contributed by atoms with van der Waals surface area (Å²) in [7, 11) is 0. The molecule has 0 bridgehead atoms. The number of rotatable bonds is 53. The highest BCUT2D eigenvalue weighted by Gasteiger charge is 2.19. The van der Waals surface area contributed by atoms with Gasteiger partial charge in [-0.2, -0.15) is 0 Å². The van der Waals surface area contributed by atoms with Crippen LogP contribution in [-0.2, 0) is 28.6 Å². The van der Waals surface area contributed by atoms with Crippen LogP contribution in [0.2, 0.25) is 0 Å². The molecule has 0 rings (SSSR count). The van der Waals surface area contributed by atoms with Crippen molar-refractivity contribution in [1.29, 1.82) is 0 Å². The summed E-state index contributed by atoms with van der Waals surface area (Å²) in [6.07, 6.45) is 58.0. The summed E-state index contributed by atoms with van der Waals surface area (Å²) in [6, 6.07) is 0. The average molecular weight is 972 g/mol. The van der Waals surface area contributed by atoms with Crippen LogP contribution in [0, 0.1) is 0 Å². The second-order valence-corrected chi connectivity index (χ2v) is 19.6. The molecule has 0 aromatic carbocycles. The summed E-state index contributed by atoms with van der Waals surface area (Å²) in [6.45, 7) is 6.71. The third-order valence-electron chi connectivity index (χ3n) is 13.1. The first-order valence-electron chi connectivity index (χ1n) is 28.5. The molecule has 0 aromatic rings. The summed E-state index contributed by atoms with van der Waals surface area (Å²) in [5, 5.41) is 0. The largest absolute Gasteiger partial charge is 0.462 e. The standard InChI is InChI=1S/C57H110O6.BrH/c1-4-7-10-13-16-19-22-25-28-31-34-37-40-43-46-49-55(58)61-52-54(63-57(60)51-48-45-42-39-36-33-30-27-24-21-18-15-12-9-6-3)53-62-56(59)50-47-44-41-38-35-32-29-26-23-20-17-14-11-8-5-2;/h54H,4-53H2,1-3H3;1H. The molecule has 0 heterocycles. The van der Waals surface area contributed by atoms with Gasteiger partial charge in [-0.25, -0.2) is 0 Å². The van der Waals surface area contributed by atoms with E-state index in [4.69, 9.17) is 14.2 Å². The molecule has 0 radical (unpaired) electrons. The minimum atomic E-state index is -0.760. The fourth-order valence-electron chi connectivity index (χ4n) is 8.80. The van der Waals surface area contributed by atoms with Gasteiger partial charge in [0.1, 0.15) is 13.2 Å². The van der Waals surface area contributed by atoms with Crippen molar-refractivity contribution in [3.63, 3.8) is 0 Å². The Hall–Kier alpha value is -1.11. The molecule has 0 N–H and O–H groups in total. The van der Waals surface area contributed by atoms with Gasteiger partial charge in [-0.05, 0) is 19.3 Å². The van der Waals surface area contributed by atoms with E-state index in [-0.39, 0.29) is 48.1 Å². The number of halogens is 1. The smallest absolute Gasteiger partial charge is 0.306 e. The van der Waals surface area contributed by atoms with Gasteiger partial charge in [-0.1, -0.05) is 290 Å². The molecule has 0 spiro atoms. The highest BCUT2D eigenvalue weighted by molar-refractivity contribution is 8.93.